The Kier molecular flexibility index (Phi) is 7.32. The second kappa shape index (κ2) is 9.93. The molecule has 2 N–H and O–H groups in total. The first-order valence-corrected chi connectivity index (χ1v) is 10.1. The zero-order chi connectivity index (χ0) is 18.2. The van der Waals surface area contributed by atoms with Crippen LogP contribution >= 0.6 is 0 Å². The molecule has 1 unspecified atom stereocenters. The molecule has 0 radical (unpaired) electrons. The van der Waals surface area contributed by atoms with Crippen LogP contribution in [0, 0.1) is 5.92 Å². The first-order chi connectivity index (χ1) is 12.8. The number of nitrogens with zero attached hydrogens (tertiary/aromatic N) is 2. The highest BCUT2D eigenvalue weighted by molar-refractivity contribution is 5.80. The van der Waals surface area contributed by atoms with Crippen molar-refractivity contribution in [2.24, 2.45) is 10.9 Å². The molecule has 0 amide bonds. The van der Waals surface area contributed by atoms with E-state index in [4.69, 9.17) is 4.74 Å². The lowest BCUT2D eigenvalue weighted by atomic mass is 9.87. The highest BCUT2D eigenvalue weighted by Gasteiger charge is 2.24. The van der Waals surface area contributed by atoms with E-state index in [0.29, 0.717) is 12.1 Å². The van der Waals surface area contributed by atoms with Crippen LogP contribution in [0.5, 0.6) is 0 Å². The number of aliphatic imine (C=N–C) groups is 1. The average Bonchev–Trinajstić information content (AvgIpc) is 2.70. The fourth-order valence-corrected chi connectivity index (χ4v) is 4.01. The first-order valence-electron chi connectivity index (χ1n) is 10.1. The third-order valence-electron chi connectivity index (χ3n) is 5.71. The van der Waals surface area contributed by atoms with Crippen LogP contribution in [0.1, 0.15) is 44.2 Å². The molecule has 26 heavy (non-hydrogen) atoms. The topological polar surface area (TPSA) is 48.9 Å². The van der Waals surface area contributed by atoms with E-state index in [-0.39, 0.29) is 0 Å². The maximum absolute atomic E-state index is 5.54. The molecule has 1 saturated heterocycles. The van der Waals surface area contributed by atoms with Gasteiger partial charge in [-0.25, -0.2) is 0 Å². The second-order valence-corrected chi connectivity index (χ2v) is 7.63. The lowest BCUT2D eigenvalue weighted by Crippen LogP contribution is -2.48. The summed E-state index contributed by atoms with van der Waals surface area (Å²) in [5.74, 6) is 1.80. The van der Waals surface area contributed by atoms with Crippen LogP contribution in [-0.2, 0) is 4.74 Å². The smallest absolute Gasteiger partial charge is 0.191 e. The highest BCUT2D eigenvalue weighted by atomic mass is 16.5. The van der Waals surface area contributed by atoms with E-state index >= 15 is 0 Å². The van der Waals surface area contributed by atoms with Crippen molar-refractivity contribution in [3.05, 3.63) is 35.9 Å². The minimum atomic E-state index is 0.338. The number of ether oxygens (including phenoxy) is 1. The lowest BCUT2D eigenvalue weighted by molar-refractivity contribution is 0.0170. The quantitative estimate of drug-likeness (QED) is 0.628. The van der Waals surface area contributed by atoms with Gasteiger partial charge in [-0.05, 0) is 37.2 Å². The third kappa shape index (κ3) is 5.45. The average molecular weight is 359 g/mol. The van der Waals surface area contributed by atoms with Crippen molar-refractivity contribution in [2.75, 3.05) is 39.9 Å². The number of benzene rings is 1. The highest BCUT2D eigenvalue weighted by Crippen LogP contribution is 2.24. The van der Waals surface area contributed by atoms with Crippen molar-refractivity contribution in [2.45, 2.75) is 44.7 Å². The number of hydrogen-bond donors (Lipinski definition) is 2. The van der Waals surface area contributed by atoms with Gasteiger partial charge in [0.2, 0.25) is 0 Å². The molecular weight excluding hydrogens is 324 g/mol. The minimum Gasteiger partial charge on any atom is -0.379 e. The van der Waals surface area contributed by atoms with Crippen molar-refractivity contribution < 1.29 is 4.74 Å². The van der Waals surface area contributed by atoms with Gasteiger partial charge in [-0.15, -0.1) is 0 Å². The molecular formula is C21H34N4O. The molecule has 0 aromatic heterocycles. The van der Waals surface area contributed by atoms with Crippen molar-refractivity contribution in [1.82, 2.24) is 15.5 Å². The molecule has 1 aromatic rings. The van der Waals surface area contributed by atoms with Gasteiger partial charge in [-0.1, -0.05) is 37.3 Å². The summed E-state index contributed by atoms with van der Waals surface area (Å²) >= 11 is 0. The zero-order valence-electron chi connectivity index (χ0n) is 16.3. The van der Waals surface area contributed by atoms with Crippen LogP contribution in [0.25, 0.3) is 0 Å². The molecule has 1 aliphatic carbocycles. The van der Waals surface area contributed by atoms with E-state index in [1.807, 2.05) is 7.05 Å². The predicted octanol–water partition coefficient (Wildman–Crippen LogP) is 2.80. The molecule has 5 nitrogen and oxygen atoms in total. The second-order valence-electron chi connectivity index (χ2n) is 7.63. The molecule has 1 atom stereocenters. The standard InChI is InChI=1S/C21H34N4O/c1-17-8-10-19(11-9-17)24-21(22-2)23-16-20(18-6-4-3-5-7-18)25-12-14-26-15-13-25/h3-7,17,19-20H,8-16H2,1-2H3,(H2,22,23,24). The fraction of sp³-hybridized carbons (Fsp3) is 0.667. The van der Waals surface area contributed by atoms with E-state index in [1.54, 1.807) is 0 Å². The number of hydrogen-bond acceptors (Lipinski definition) is 3. The fourth-order valence-electron chi connectivity index (χ4n) is 4.01. The number of nitrogens with one attached hydrogen (secondary N) is 2. The van der Waals surface area contributed by atoms with Gasteiger partial charge in [0.15, 0.2) is 5.96 Å². The van der Waals surface area contributed by atoms with Crippen LogP contribution in [0.3, 0.4) is 0 Å². The Morgan fingerprint density at radius 1 is 1.15 bits per heavy atom. The minimum absolute atomic E-state index is 0.338. The Bertz CT molecular complexity index is 548. The molecule has 2 fully saturated rings. The van der Waals surface area contributed by atoms with Gasteiger partial charge in [0.25, 0.3) is 0 Å². The molecule has 0 bridgehead atoms. The van der Waals surface area contributed by atoms with E-state index in [1.165, 1.54) is 31.2 Å². The maximum Gasteiger partial charge on any atom is 0.191 e. The van der Waals surface area contributed by atoms with Crippen molar-refractivity contribution in [1.29, 1.82) is 0 Å². The monoisotopic (exact) mass is 358 g/mol. The van der Waals surface area contributed by atoms with Gasteiger partial charge >= 0.3 is 0 Å². The van der Waals surface area contributed by atoms with E-state index in [9.17, 15) is 0 Å². The van der Waals surface area contributed by atoms with Crippen LogP contribution in [0.4, 0.5) is 0 Å². The molecule has 1 aromatic carbocycles. The Balaban J connectivity index is 1.59. The molecule has 1 heterocycles. The van der Waals surface area contributed by atoms with Gasteiger partial charge in [0.05, 0.1) is 19.3 Å². The molecule has 3 rings (SSSR count). The first kappa shape index (κ1) is 19.2. The summed E-state index contributed by atoms with van der Waals surface area (Å²) in [7, 11) is 1.87. The lowest BCUT2D eigenvalue weighted by Gasteiger charge is -2.35. The SMILES string of the molecule is CN=C(NCC(c1ccccc1)N1CCOCC1)NC1CCC(C)CC1. The summed E-state index contributed by atoms with van der Waals surface area (Å²) in [6.45, 7) is 6.80. The largest absolute Gasteiger partial charge is 0.379 e. The summed E-state index contributed by atoms with van der Waals surface area (Å²) < 4.78 is 5.54. The predicted molar refractivity (Wildman–Crippen MR) is 107 cm³/mol. The van der Waals surface area contributed by atoms with Crippen molar-refractivity contribution in [3.8, 4) is 0 Å². The zero-order valence-corrected chi connectivity index (χ0v) is 16.3. The molecule has 1 saturated carbocycles. The molecule has 1 aliphatic heterocycles. The summed E-state index contributed by atoms with van der Waals surface area (Å²) in [6.07, 6.45) is 5.12. The van der Waals surface area contributed by atoms with Gasteiger partial charge < -0.3 is 15.4 Å². The van der Waals surface area contributed by atoms with Gasteiger partial charge in [-0.2, -0.15) is 0 Å². The van der Waals surface area contributed by atoms with Crippen molar-refractivity contribution in [3.63, 3.8) is 0 Å². The Morgan fingerprint density at radius 2 is 1.85 bits per heavy atom. The van der Waals surface area contributed by atoms with E-state index in [2.05, 4.69) is 57.8 Å². The van der Waals surface area contributed by atoms with Crippen LogP contribution in [-0.4, -0.2) is 56.8 Å². The summed E-state index contributed by atoms with van der Waals surface area (Å²) in [5, 5.41) is 7.21. The summed E-state index contributed by atoms with van der Waals surface area (Å²) in [5.41, 5.74) is 1.35. The van der Waals surface area contributed by atoms with Crippen LogP contribution in [0.15, 0.2) is 35.3 Å². The maximum atomic E-state index is 5.54. The number of guanidine groups is 1. The van der Waals surface area contributed by atoms with Crippen molar-refractivity contribution >= 4 is 5.96 Å². The van der Waals surface area contributed by atoms with E-state index in [0.717, 1.165) is 44.7 Å². The molecule has 144 valence electrons. The van der Waals surface area contributed by atoms with Crippen LogP contribution in [0.2, 0.25) is 0 Å². The van der Waals surface area contributed by atoms with Crippen LogP contribution < -0.4 is 10.6 Å². The van der Waals surface area contributed by atoms with Gasteiger partial charge in [0.1, 0.15) is 0 Å². The van der Waals surface area contributed by atoms with Gasteiger partial charge in [-0.3, -0.25) is 9.89 Å². The summed E-state index contributed by atoms with van der Waals surface area (Å²) in [6, 6.07) is 11.7. The Hall–Kier alpha value is -1.59. The normalized spacial score (nSPS) is 26.3. The number of rotatable bonds is 5. The molecule has 2 aliphatic rings. The Morgan fingerprint density at radius 3 is 2.50 bits per heavy atom. The van der Waals surface area contributed by atoms with Gasteiger partial charge in [0, 0.05) is 32.7 Å². The third-order valence-corrected chi connectivity index (χ3v) is 5.71. The molecule has 0 spiro atoms. The summed E-state index contributed by atoms with van der Waals surface area (Å²) in [4.78, 5) is 6.98. The van der Waals surface area contributed by atoms with E-state index < -0.39 is 0 Å². The number of morpholine rings is 1. The Labute approximate surface area is 158 Å². The molecule has 5 heteroatoms.